The molecule has 0 aliphatic carbocycles. The predicted molar refractivity (Wildman–Crippen MR) is 114 cm³/mol. The number of nitrogens with zero attached hydrogens (tertiary/aromatic N) is 5. The molecule has 2 aromatic rings. The molecule has 0 spiro atoms. The highest BCUT2D eigenvalue weighted by atomic mass is 32.1. The summed E-state index contributed by atoms with van der Waals surface area (Å²) in [6, 6.07) is 1.89. The fourth-order valence-corrected chi connectivity index (χ4v) is 4.94. The van der Waals surface area contributed by atoms with Crippen molar-refractivity contribution in [3.63, 3.8) is 0 Å². The van der Waals surface area contributed by atoms with Crippen molar-refractivity contribution in [3.05, 3.63) is 28.1 Å². The minimum Gasteiger partial charge on any atom is -0.349 e. The van der Waals surface area contributed by atoms with Gasteiger partial charge in [0, 0.05) is 56.3 Å². The van der Waals surface area contributed by atoms with Crippen molar-refractivity contribution >= 4 is 29.0 Å². The molecule has 30 heavy (non-hydrogen) atoms. The average molecular weight is 433 g/mol. The largest absolute Gasteiger partial charge is 0.349 e. The fraction of sp³-hybridized carbons (Fsp3) is 0.600. The van der Waals surface area contributed by atoms with Crippen molar-refractivity contribution in [2.45, 2.75) is 25.8 Å². The van der Waals surface area contributed by atoms with Crippen LogP contribution < -0.4 is 10.2 Å². The molecule has 9 nitrogen and oxygen atoms in total. The number of carbonyl (C=O) groups excluding carboxylic acids is 2. The zero-order valence-electron chi connectivity index (χ0n) is 17.4. The topological polar surface area (TPSA) is 94.8 Å². The van der Waals surface area contributed by atoms with E-state index in [1.54, 1.807) is 0 Å². The van der Waals surface area contributed by atoms with E-state index in [1.165, 1.54) is 11.3 Å². The van der Waals surface area contributed by atoms with E-state index in [0.717, 1.165) is 50.5 Å². The standard InChI is InChI=1S/C20H28N6O3S/c1-14-18(23-29-22-14)25-6-8-26(9-7-25)20(28)15-3-4-17(12-24(2)11-15)21-19(27)16-5-10-30-13-16/h5,10,13,15,17H,3-4,6-9,11-12H2,1-2H3,(H,21,27)/t15-,17+/m1/s1. The van der Waals surface area contributed by atoms with E-state index in [-0.39, 0.29) is 23.8 Å². The van der Waals surface area contributed by atoms with Crippen LogP contribution in [0, 0.1) is 12.8 Å². The third kappa shape index (κ3) is 4.65. The van der Waals surface area contributed by atoms with Crippen LogP contribution in [0.2, 0.25) is 0 Å². The van der Waals surface area contributed by atoms with Gasteiger partial charge in [0.25, 0.3) is 5.91 Å². The second-order valence-corrected chi connectivity index (χ2v) is 8.94. The number of nitrogens with one attached hydrogen (secondary N) is 1. The first-order chi connectivity index (χ1) is 14.5. The number of hydrogen-bond donors (Lipinski definition) is 1. The molecule has 0 radical (unpaired) electrons. The van der Waals surface area contributed by atoms with Gasteiger partial charge in [-0.1, -0.05) is 5.16 Å². The molecule has 0 aromatic carbocycles. The van der Waals surface area contributed by atoms with Crippen molar-refractivity contribution in [2.24, 2.45) is 5.92 Å². The molecule has 2 aromatic heterocycles. The number of aromatic nitrogens is 2. The molecule has 10 heteroatoms. The summed E-state index contributed by atoms with van der Waals surface area (Å²) in [4.78, 5) is 31.8. The van der Waals surface area contributed by atoms with Crippen LogP contribution in [0.1, 0.15) is 28.9 Å². The summed E-state index contributed by atoms with van der Waals surface area (Å²) in [6.45, 7) is 6.14. The zero-order valence-corrected chi connectivity index (χ0v) is 18.2. The summed E-state index contributed by atoms with van der Waals surface area (Å²) in [6.07, 6.45) is 1.59. The third-order valence-electron chi connectivity index (χ3n) is 5.92. The Labute approximate surface area is 180 Å². The number of likely N-dealkylation sites (N-methyl/N-ethyl adjacent to an activating group) is 1. The fourth-order valence-electron chi connectivity index (χ4n) is 4.30. The summed E-state index contributed by atoms with van der Waals surface area (Å²) < 4.78 is 4.80. The normalized spacial score (nSPS) is 23.3. The molecule has 2 fully saturated rings. The van der Waals surface area contributed by atoms with Crippen LogP contribution in [0.5, 0.6) is 0 Å². The van der Waals surface area contributed by atoms with Gasteiger partial charge >= 0.3 is 0 Å². The van der Waals surface area contributed by atoms with Crippen LogP contribution in [0.3, 0.4) is 0 Å². The molecule has 4 heterocycles. The monoisotopic (exact) mass is 432 g/mol. The molecule has 2 saturated heterocycles. The van der Waals surface area contributed by atoms with Gasteiger partial charge in [0.15, 0.2) is 5.82 Å². The van der Waals surface area contributed by atoms with E-state index in [9.17, 15) is 9.59 Å². The number of carbonyl (C=O) groups is 2. The highest BCUT2D eigenvalue weighted by Gasteiger charge is 2.32. The zero-order chi connectivity index (χ0) is 21.1. The Morgan fingerprint density at radius 2 is 1.97 bits per heavy atom. The Kier molecular flexibility index (Phi) is 6.33. The van der Waals surface area contributed by atoms with Crippen LogP contribution in [0.25, 0.3) is 0 Å². The second kappa shape index (κ2) is 9.13. The third-order valence-corrected chi connectivity index (χ3v) is 6.60. The number of rotatable bonds is 4. The van der Waals surface area contributed by atoms with E-state index >= 15 is 0 Å². The molecule has 2 aliphatic rings. The number of hydrogen-bond acceptors (Lipinski definition) is 8. The van der Waals surface area contributed by atoms with Crippen LogP contribution in [0.4, 0.5) is 5.82 Å². The van der Waals surface area contributed by atoms with Crippen LogP contribution in [-0.2, 0) is 4.79 Å². The lowest BCUT2D eigenvalue weighted by molar-refractivity contribution is -0.136. The quantitative estimate of drug-likeness (QED) is 0.776. The van der Waals surface area contributed by atoms with Crippen LogP contribution >= 0.6 is 11.3 Å². The molecule has 4 rings (SSSR count). The number of aryl methyl sites for hydroxylation is 1. The Hall–Kier alpha value is -2.46. The lowest BCUT2D eigenvalue weighted by atomic mass is 9.99. The molecule has 0 saturated carbocycles. The maximum atomic E-state index is 13.2. The van der Waals surface area contributed by atoms with E-state index in [0.29, 0.717) is 18.7 Å². The molecule has 162 valence electrons. The van der Waals surface area contributed by atoms with Crippen molar-refractivity contribution in [1.29, 1.82) is 0 Å². The predicted octanol–water partition coefficient (Wildman–Crippen LogP) is 1.23. The molecule has 1 N–H and O–H groups in total. The first kappa shape index (κ1) is 20.8. The Bertz CT molecular complexity index is 862. The molecule has 0 unspecified atom stereocenters. The van der Waals surface area contributed by atoms with Gasteiger partial charge in [0.2, 0.25) is 5.91 Å². The van der Waals surface area contributed by atoms with Crippen LogP contribution in [-0.4, -0.2) is 84.3 Å². The van der Waals surface area contributed by atoms with E-state index < -0.39 is 0 Å². The van der Waals surface area contributed by atoms with Gasteiger partial charge in [-0.25, -0.2) is 4.63 Å². The molecule has 2 aliphatic heterocycles. The number of piperazine rings is 1. The van der Waals surface area contributed by atoms with Gasteiger partial charge < -0.3 is 20.0 Å². The SMILES string of the molecule is Cc1nonc1N1CCN(C(=O)[C@@H]2CC[C@H](NC(=O)c3ccsc3)CN(C)C2)CC1. The average Bonchev–Trinajstić information content (AvgIpc) is 3.39. The number of amides is 2. The molecule has 2 atom stereocenters. The highest BCUT2D eigenvalue weighted by molar-refractivity contribution is 7.08. The van der Waals surface area contributed by atoms with E-state index in [1.807, 2.05) is 35.7 Å². The number of anilines is 1. The summed E-state index contributed by atoms with van der Waals surface area (Å²) in [7, 11) is 2.02. The maximum absolute atomic E-state index is 13.2. The lowest BCUT2D eigenvalue weighted by Crippen LogP contribution is -2.51. The molecular formula is C20H28N6O3S. The first-order valence-corrected chi connectivity index (χ1v) is 11.3. The van der Waals surface area contributed by atoms with Crippen LogP contribution in [0.15, 0.2) is 21.5 Å². The van der Waals surface area contributed by atoms with Crippen molar-refractivity contribution < 1.29 is 14.2 Å². The smallest absolute Gasteiger partial charge is 0.252 e. The van der Waals surface area contributed by atoms with Crippen molar-refractivity contribution in [2.75, 3.05) is 51.2 Å². The van der Waals surface area contributed by atoms with E-state index in [2.05, 4.69) is 25.4 Å². The maximum Gasteiger partial charge on any atom is 0.252 e. The van der Waals surface area contributed by atoms with Gasteiger partial charge in [-0.15, -0.1) is 0 Å². The van der Waals surface area contributed by atoms with Gasteiger partial charge in [-0.05, 0) is 43.4 Å². The molecule has 2 amide bonds. The van der Waals surface area contributed by atoms with Gasteiger partial charge in [-0.2, -0.15) is 11.3 Å². The van der Waals surface area contributed by atoms with E-state index in [4.69, 9.17) is 4.63 Å². The van der Waals surface area contributed by atoms with Gasteiger partial charge in [0.1, 0.15) is 5.69 Å². The number of thiophene rings is 1. The Balaban J connectivity index is 1.30. The number of likely N-dealkylation sites (tertiary alicyclic amines) is 1. The van der Waals surface area contributed by atoms with Crippen molar-refractivity contribution in [3.8, 4) is 0 Å². The molecular weight excluding hydrogens is 404 g/mol. The first-order valence-electron chi connectivity index (χ1n) is 10.4. The highest BCUT2D eigenvalue weighted by Crippen LogP contribution is 2.22. The Morgan fingerprint density at radius 1 is 1.17 bits per heavy atom. The lowest BCUT2D eigenvalue weighted by Gasteiger charge is -2.36. The minimum atomic E-state index is -0.0416. The molecule has 0 bridgehead atoms. The van der Waals surface area contributed by atoms with Gasteiger partial charge in [-0.3, -0.25) is 9.59 Å². The second-order valence-electron chi connectivity index (χ2n) is 8.16. The van der Waals surface area contributed by atoms with Crippen molar-refractivity contribution in [1.82, 2.24) is 25.4 Å². The summed E-state index contributed by atoms with van der Waals surface area (Å²) >= 11 is 1.52. The summed E-state index contributed by atoms with van der Waals surface area (Å²) in [5.41, 5.74) is 1.48. The summed E-state index contributed by atoms with van der Waals surface area (Å²) in [5, 5.41) is 14.7. The minimum absolute atomic E-state index is 0.0341. The Morgan fingerprint density at radius 3 is 2.63 bits per heavy atom. The van der Waals surface area contributed by atoms with Gasteiger partial charge in [0.05, 0.1) is 5.92 Å². The summed E-state index contributed by atoms with van der Waals surface area (Å²) in [5.74, 6) is 0.898.